The van der Waals surface area contributed by atoms with Crippen molar-refractivity contribution >= 4 is 5.82 Å². The molecule has 5 heteroatoms. The minimum absolute atomic E-state index is 0.0815. The van der Waals surface area contributed by atoms with E-state index in [-0.39, 0.29) is 5.75 Å². The van der Waals surface area contributed by atoms with Crippen molar-refractivity contribution in [3.05, 3.63) is 29.5 Å². The highest BCUT2D eigenvalue weighted by Crippen LogP contribution is 2.30. The number of rotatable bonds is 2. The SMILES string of the molecule is COc1cc(-c2nc(C)c(C)c(N)n2)ccc1O. The number of phenols is 1. The number of nitrogen functional groups attached to an aromatic ring is 1. The number of methoxy groups -OCH3 is 1. The third kappa shape index (κ3) is 2.07. The van der Waals surface area contributed by atoms with E-state index >= 15 is 0 Å². The summed E-state index contributed by atoms with van der Waals surface area (Å²) in [6.45, 7) is 3.76. The molecule has 94 valence electrons. The molecule has 0 atom stereocenters. The largest absolute Gasteiger partial charge is 0.504 e. The van der Waals surface area contributed by atoms with E-state index in [2.05, 4.69) is 9.97 Å². The molecule has 0 aliphatic carbocycles. The van der Waals surface area contributed by atoms with Crippen molar-refractivity contribution in [2.45, 2.75) is 13.8 Å². The first-order valence-corrected chi connectivity index (χ1v) is 5.51. The summed E-state index contributed by atoms with van der Waals surface area (Å²) in [5.41, 5.74) is 8.29. The summed E-state index contributed by atoms with van der Waals surface area (Å²) in [6.07, 6.45) is 0. The summed E-state index contributed by atoms with van der Waals surface area (Å²) in [4.78, 5) is 8.62. The Kier molecular flexibility index (Phi) is 3.06. The molecular weight excluding hydrogens is 230 g/mol. The Bertz CT molecular complexity index is 574. The van der Waals surface area contributed by atoms with Gasteiger partial charge in [-0.2, -0.15) is 0 Å². The highest BCUT2D eigenvalue weighted by Gasteiger charge is 2.10. The van der Waals surface area contributed by atoms with Gasteiger partial charge in [0, 0.05) is 16.8 Å². The Hall–Kier alpha value is -2.30. The van der Waals surface area contributed by atoms with Crippen LogP contribution in [0.15, 0.2) is 18.2 Å². The molecule has 0 aliphatic rings. The van der Waals surface area contributed by atoms with Gasteiger partial charge in [0.15, 0.2) is 17.3 Å². The molecule has 1 aromatic carbocycles. The van der Waals surface area contributed by atoms with Gasteiger partial charge in [-0.3, -0.25) is 0 Å². The monoisotopic (exact) mass is 245 g/mol. The van der Waals surface area contributed by atoms with Crippen LogP contribution in [0.5, 0.6) is 11.5 Å². The lowest BCUT2D eigenvalue weighted by Crippen LogP contribution is -2.02. The molecular formula is C13H15N3O2. The molecule has 0 amide bonds. The number of anilines is 1. The van der Waals surface area contributed by atoms with E-state index in [1.54, 1.807) is 18.2 Å². The number of phenolic OH excluding ortho intramolecular Hbond substituents is 1. The molecule has 3 N–H and O–H groups in total. The van der Waals surface area contributed by atoms with Crippen molar-refractivity contribution in [1.29, 1.82) is 0 Å². The molecule has 0 fully saturated rings. The molecule has 0 radical (unpaired) electrons. The summed E-state index contributed by atoms with van der Waals surface area (Å²) < 4.78 is 5.05. The maximum absolute atomic E-state index is 9.54. The second-order valence-electron chi connectivity index (χ2n) is 4.03. The summed E-state index contributed by atoms with van der Waals surface area (Å²) in [5.74, 6) is 1.45. The standard InChI is InChI=1S/C13H15N3O2/c1-7-8(2)15-13(16-12(7)14)9-4-5-10(17)11(6-9)18-3/h4-6,17H,1-3H3,(H2,14,15,16). The van der Waals surface area contributed by atoms with Gasteiger partial charge in [0.25, 0.3) is 0 Å². The fraction of sp³-hybridized carbons (Fsp3) is 0.231. The number of aromatic nitrogens is 2. The van der Waals surface area contributed by atoms with Crippen molar-refractivity contribution < 1.29 is 9.84 Å². The van der Waals surface area contributed by atoms with Gasteiger partial charge < -0.3 is 15.6 Å². The molecule has 0 spiro atoms. The second kappa shape index (κ2) is 4.52. The molecule has 1 aromatic heterocycles. The van der Waals surface area contributed by atoms with Crippen LogP contribution in [-0.4, -0.2) is 22.2 Å². The highest BCUT2D eigenvalue weighted by molar-refractivity contribution is 5.63. The minimum atomic E-state index is 0.0815. The number of benzene rings is 1. The van der Waals surface area contributed by atoms with E-state index < -0.39 is 0 Å². The lowest BCUT2D eigenvalue weighted by atomic mass is 10.1. The molecule has 1 heterocycles. The number of hydrogen-bond donors (Lipinski definition) is 2. The zero-order valence-electron chi connectivity index (χ0n) is 10.6. The van der Waals surface area contributed by atoms with Crippen LogP contribution in [0.25, 0.3) is 11.4 Å². The molecule has 5 nitrogen and oxygen atoms in total. The number of hydrogen-bond acceptors (Lipinski definition) is 5. The molecule has 0 saturated carbocycles. The fourth-order valence-corrected chi connectivity index (χ4v) is 1.60. The van der Waals surface area contributed by atoms with Gasteiger partial charge >= 0.3 is 0 Å². The fourth-order valence-electron chi connectivity index (χ4n) is 1.60. The maximum atomic E-state index is 9.54. The van der Waals surface area contributed by atoms with E-state index in [4.69, 9.17) is 10.5 Å². The van der Waals surface area contributed by atoms with Gasteiger partial charge in [-0.25, -0.2) is 9.97 Å². The first-order chi connectivity index (χ1) is 8.52. The number of nitrogens with two attached hydrogens (primary N) is 1. The first-order valence-electron chi connectivity index (χ1n) is 5.51. The van der Waals surface area contributed by atoms with Crippen LogP contribution in [0.2, 0.25) is 0 Å². The molecule has 2 rings (SSSR count). The van der Waals surface area contributed by atoms with Crippen LogP contribution in [0.3, 0.4) is 0 Å². The van der Waals surface area contributed by atoms with Crippen LogP contribution >= 0.6 is 0 Å². The van der Waals surface area contributed by atoms with Crippen LogP contribution in [0.4, 0.5) is 5.82 Å². The van der Waals surface area contributed by atoms with Gasteiger partial charge in [0.05, 0.1) is 7.11 Å². The van der Waals surface area contributed by atoms with E-state index in [0.29, 0.717) is 17.4 Å². The molecule has 2 aromatic rings. The van der Waals surface area contributed by atoms with Crippen LogP contribution in [-0.2, 0) is 0 Å². The third-order valence-electron chi connectivity index (χ3n) is 2.86. The lowest BCUT2D eigenvalue weighted by Gasteiger charge is -2.09. The summed E-state index contributed by atoms with van der Waals surface area (Å²) in [6, 6.07) is 4.95. The normalized spacial score (nSPS) is 10.4. The zero-order valence-corrected chi connectivity index (χ0v) is 10.6. The highest BCUT2D eigenvalue weighted by atomic mass is 16.5. The Morgan fingerprint density at radius 1 is 1.22 bits per heavy atom. The third-order valence-corrected chi connectivity index (χ3v) is 2.86. The number of nitrogens with zero attached hydrogens (tertiary/aromatic N) is 2. The predicted octanol–water partition coefficient (Wildman–Crippen LogP) is 2.06. The van der Waals surface area contributed by atoms with Crippen molar-refractivity contribution in [2.75, 3.05) is 12.8 Å². The maximum Gasteiger partial charge on any atom is 0.161 e. The number of aryl methyl sites for hydroxylation is 1. The van der Waals surface area contributed by atoms with Crippen molar-refractivity contribution in [1.82, 2.24) is 9.97 Å². The lowest BCUT2D eigenvalue weighted by molar-refractivity contribution is 0.373. The van der Waals surface area contributed by atoms with Gasteiger partial charge in [-0.1, -0.05) is 0 Å². The summed E-state index contributed by atoms with van der Waals surface area (Å²) >= 11 is 0. The van der Waals surface area contributed by atoms with Crippen molar-refractivity contribution in [2.24, 2.45) is 0 Å². The van der Waals surface area contributed by atoms with Gasteiger partial charge in [-0.05, 0) is 32.0 Å². The van der Waals surface area contributed by atoms with E-state index in [1.165, 1.54) is 7.11 Å². The summed E-state index contributed by atoms with van der Waals surface area (Å²) in [7, 11) is 1.49. The van der Waals surface area contributed by atoms with E-state index in [9.17, 15) is 5.11 Å². The smallest absolute Gasteiger partial charge is 0.161 e. The molecule has 0 bridgehead atoms. The molecule has 0 unspecified atom stereocenters. The van der Waals surface area contributed by atoms with Gasteiger partial charge in [0.1, 0.15) is 5.82 Å². The van der Waals surface area contributed by atoms with Crippen LogP contribution in [0.1, 0.15) is 11.3 Å². The summed E-state index contributed by atoms with van der Waals surface area (Å²) in [5, 5.41) is 9.54. The van der Waals surface area contributed by atoms with Crippen molar-refractivity contribution in [3.8, 4) is 22.9 Å². The number of ether oxygens (including phenoxy) is 1. The van der Waals surface area contributed by atoms with Crippen molar-refractivity contribution in [3.63, 3.8) is 0 Å². The van der Waals surface area contributed by atoms with Crippen LogP contribution in [0, 0.1) is 13.8 Å². The molecule has 0 saturated heterocycles. The molecule has 0 aliphatic heterocycles. The molecule has 18 heavy (non-hydrogen) atoms. The first kappa shape index (κ1) is 12.2. The Morgan fingerprint density at radius 2 is 1.94 bits per heavy atom. The van der Waals surface area contributed by atoms with Gasteiger partial charge in [-0.15, -0.1) is 0 Å². The predicted molar refractivity (Wildman–Crippen MR) is 69.6 cm³/mol. The quantitative estimate of drug-likeness (QED) is 0.846. The number of aromatic hydroxyl groups is 1. The van der Waals surface area contributed by atoms with Crippen LogP contribution < -0.4 is 10.5 Å². The average Bonchev–Trinajstić information content (AvgIpc) is 2.36. The topological polar surface area (TPSA) is 81.3 Å². The Labute approximate surface area is 105 Å². The Balaban J connectivity index is 2.55. The average molecular weight is 245 g/mol. The Morgan fingerprint density at radius 3 is 2.56 bits per heavy atom. The van der Waals surface area contributed by atoms with E-state index in [0.717, 1.165) is 16.8 Å². The van der Waals surface area contributed by atoms with Gasteiger partial charge in [0.2, 0.25) is 0 Å². The second-order valence-corrected chi connectivity index (χ2v) is 4.03. The minimum Gasteiger partial charge on any atom is -0.504 e. The zero-order chi connectivity index (χ0) is 13.3. The van der Waals surface area contributed by atoms with E-state index in [1.807, 2.05) is 13.8 Å².